The molecule has 0 spiro atoms. The number of carbonyl (C=O) groups is 1. The number of hydrogen-bond donors (Lipinski definition) is 1. The van der Waals surface area contributed by atoms with Crippen LogP contribution >= 0.6 is 8.53 Å². The number of fused-ring (bicyclic) bond motifs is 3. The van der Waals surface area contributed by atoms with E-state index in [2.05, 4.69) is 53.7 Å². The molecule has 2 fully saturated rings. The van der Waals surface area contributed by atoms with E-state index >= 15 is 0 Å². The Labute approximate surface area is 380 Å². The van der Waals surface area contributed by atoms with E-state index in [1.54, 1.807) is 49.4 Å². The number of amides is 1. The molecule has 1 amide bonds. The summed E-state index contributed by atoms with van der Waals surface area (Å²) in [4.78, 5) is 27.1. The molecule has 0 saturated carbocycles. The Morgan fingerprint density at radius 2 is 1.48 bits per heavy atom. The minimum absolute atomic E-state index is 0.0243. The highest BCUT2D eigenvalue weighted by Crippen LogP contribution is 2.58. The van der Waals surface area contributed by atoms with Crippen LogP contribution in [0.2, 0.25) is 0 Å². The van der Waals surface area contributed by atoms with Crippen molar-refractivity contribution in [1.82, 2.24) is 24.2 Å². The Morgan fingerprint density at radius 3 is 2.06 bits per heavy atom. The van der Waals surface area contributed by atoms with Crippen LogP contribution in [0.25, 0.3) is 11.2 Å². The van der Waals surface area contributed by atoms with Gasteiger partial charge < -0.3 is 38.0 Å². The van der Waals surface area contributed by atoms with Crippen LogP contribution in [0.1, 0.15) is 74.3 Å². The van der Waals surface area contributed by atoms with E-state index in [0.717, 1.165) is 16.7 Å². The molecule has 338 valence electrons. The highest BCUT2D eigenvalue weighted by molar-refractivity contribution is 7.44. The molecule has 8 rings (SSSR count). The van der Waals surface area contributed by atoms with Gasteiger partial charge in [-0.3, -0.25) is 9.36 Å². The summed E-state index contributed by atoms with van der Waals surface area (Å²) in [5, 5.41) is 12.4. The van der Waals surface area contributed by atoms with Crippen LogP contribution in [-0.2, 0) is 28.9 Å². The van der Waals surface area contributed by atoms with Crippen molar-refractivity contribution in [3.63, 3.8) is 0 Å². The van der Waals surface area contributed by atoms with Crippen molar-refractivity contribution in [3.8, 4) is 17.6 Å². The van der Waals surface area contributed by atoms with Crippen LogP contribution < -0.4 is 14.8 Å². The number of benzene rings is 4. The minimum Gasteiger partial charge on any atom is -0.497 e. The number of ether oxygens (including phenoxy) is 5. The molecule has 65 heavy (non-hydrogen) atoms. The van der Waals surface area contributed by atoms with Gasteiger partial charge in [0, 0.05) is 17.6 Å². The van der Waals surface area contributed by atoms with Gasteiger partial charge >= 0.3 is 0 Å². The molecule has 2 aliphatic heterocycles. The average molecular weight is 900 g/mol. The highest BCUT2D eigenvalue weighted by Gasteiger charge is 2.68. The highest BCUT2D eigenvalue weighted by atomic mass is 31.2. The largest absolute Gasteiger partial charge is 0.497 e. The number of carbonyl (C=O) groups excluding carboxylic acids is 1. The fourth-order valence-electron chi connectivity index (χ4n) is 8.79. The molecule has 2 saturated heterocycles. The van der Waals surface area contributed by atoms with Crippen molar-refractivity contribution in [3.05, 3.63) is 144 Å². The van der Waals surface area contributed by atoms with Crippen LogP contribution in [0.3, 0.4) is 0 Å². The zero-order valence-corrected chi connectivity index (χ0v) is 38.4. The molecule has 4 aromatic carbocycles. The standard InChI is InChI=1S/C49H54N7O8P/c1-32(2)56(33(3)4)65(61-28-14-27-50)64-43-42-47(55-31-53-41-44(51-30-52-45(41)55)54-46(57)35-15-10-8-11-16-35)63-48(43,34(5)62-42)29-60-49(36-17-12-9-13-18-36,37-19-23-39(58-6)24-20-37)38-21-25-40(59-7)26-22-38/h8-13,15-26,30-34,42-43,47H,14,28-29H2,1-7H3,(H,51,52,54,57). The summed E-state index contributed by atoms with van der Waals surface area (Å²) in [6.45, 7) is 10.5. The first-order valence-corrected chi connectivity index (χ1v) is 22.8. The summed E-state index contributed by atoms with van der Waals surface area (Å²) in [5.41, 5.74) is 1.36. The van der Waals surface area contributed by atoms with Crippen LogP contribution in [0.4, 0.5) is 5.82 Å². The number of rotatable bonds is 19. The number of methoxy groups -OCH3 is 2. The topological polar surface area (TPSA) is 164 Å². The van der Waals surface area contributed by atoms with Gasteiger partial charge in [-0.05, 0) is 87.7 Å². The summed E-state index contributed by atoms with van der Waals surface area (Å²) in [6.07, 6.45) is 0.317. The van der Waals surface area contributed by atoms with Gasteiger partial charge in [-0.2, -0.15) is 5.26 Å². The average Bonchev–Trinajstić information content (AvgIpc) is 3.97. The predicted molar refractivity (Wildman–Crippen MR) is 245 cm³/mol. The Hall–Kier alpha value is -5.82. The molecule has 2 aromatic heterocycles. The van der Waals surface area contributed by atoms with E-state index in [0.29, 0.717) is 28.2 Å². The van der Waals surface area contributed by atoms with Gasteiger partial charge in [-0.15, -0.1) is 0 Å². The molecule has 2 aliphatic rings. The summed E-state index contributed by atoms with van der Waals surface area (Å²) in [7, 11) is 1.50. The van der Waals surface area contributed by atoms with E-state index in [9.17, 15) is 10.1 Å². The molecule has 0 radical (unpaired) electrons. The molecule has 16 heteroatoms. The summed E-state index contributed by atoms with van der Waals surface area (Å²) in [5.74, 6) is 1.31. The first-order chi connectivity index (χ1) is 31.5. The second-order valence-electron chi connectivity index (χ2n) is 16.4. The molecule has 1 N–H and O–H groups in total. The number of nitrogens with zero attached hydrogens (tertiary/aromatic N) is 6. The number of nitriles is 1. The van der Waals surface area contributed by atoms with Gasteiger partial charge in [0.2, 0.25) is 0 Å². The minimum atomic E-state index is -1.78. The first-order valence-electron chi connectivity index (χ1n) is 21.6. The van der Waals surface area contributed by atoms with Gasteiger partial charge in [0.1, 0.15) is 41.2 Å². The zero-order valence-electron chi connectivity index (χ0n) is 37.5. The Bertz CT molecular complexity index is 2520. The maximum Gasteiger partial charge on any atom is 0.259 e. The van der Waals surface area contributed by atoms with Gasteiger partial charge in [0.05, 0.1) is 52.4 Å². The normalized spacial score (nSPS) is 20.9. The third-order valence-corrected chi connectivity index (χ3v) is 14.0. The molecule has 6 aromatic rings. The fraction of sp³-hybridized carbons (Fsp3) is 0.367. The summed E-state index contributed by atoms with van der Waals surface area (Å²) < 4.78 is 50.9. The van der Waals surface area contributed by atoms with Gasteiger partial charge in [0.25, 0.3) is 14.4 Å². The van der Waals surface area contributed by atoms with Gasteiger partial charge in [0.15, 0.2) is 23.2 Å². The Balaban J connectivity index is 1.25. The van der Waals surface area contributed by atoms with Crippen LogP contribution in [0.5, 0.6) is 11.5 Å². The monoisotopic (exact) mass is 899 g/mol. The third kappa shape index (κ3) is 8.83. The quantitative estimate of drug-likeness (QED) is 0.0466. The third-order valence-electron chi connectivity index (χ3n) is 11.9. The van der Waals surface area contributed by atoms with Crippen molar-refractivity contribution in [2.75, 3.05) is 32.8 Å². The summed E-state index contributed by atoms with van der Waals surface area (Å²) in [6, 6.07) is 36.9. The molecule has 6 unspecified atom stereocenters. The van der Waals surface area contributed by atoms with Gasteiger partial charge in [-0.1, -0.05) is 72.8 Å². The molecule has 4 heterocycles. The van der Waals surface area contributed by atoms with E-state index in [1.807, 2.05) is 91.9 Å². The maximum atomic E-state index is 13.3. The van der Waals surface area contributed by atoms with E-state index in [-0.39, 0.29) is 43.4 Å². The van der Waals surface area contributed by atoms with Crippen molar-refractivity contribution in [2.24, 2.45) is 0 Å². The maximum absolute atomic E-state index is 13.3. The first kappa shape index (κ1) is 45.7. The smallest absolute Gasteiger partial charge is 0.259 e. The van der Waals surface area contributed by atoms with Crippen LogP contribution in [-0.4, -0.2) is 93.5 Å². The molecule has 0 aliphatic carbocycles. The Kier molecular flexibility index (Phi) is 13.9. The number of imidazole rings is 1. The predicted octanol–water partition coefficient (Wildman–Crippen LogP) is 8.82. The van der Waals surface area contributed by atoms with Crippen molar-refractivity contribution in [1.29, 1.82) is 5.26 Å². The second-order valence-corrected chi connectivity index (χ2v) is 17.8. The SMILES string of the molecule is COc1ccc(C(OCC23OC(n4cnc5c(NC(=O)c6ccccc6)ncnc54)C(OC2C)C3OP(OCCC#N)N(C(C)C)C(C)C)(c2ccccc2)c2ccc(OC)cc2)cc1. The molecular formula is C49H54N7O8P. The van der Waals surface area contributed by atoms with Crippen molar-refractivity contribution < 1.29 is 37.5 Å². The lowest BCUT2D eigenvalue weighted by Gasteiger charge is -2.43. The number of hydrogen-bond acceptors (Lipinski definition) is 13. The lowest BCUT2D eigenvalue weighted by Crippen LogP contribution is -2.53. The molecule has 15 nitrogen and oxygen atoms in total. The fourth-order valence-corrected chi connectivity index (χ4v) is 10.6. The molecule has 6 atom stereocenters. The lowest BCUT2D eigenvalue weighted by atomic mass is 9.79. The lowest BCUT2D eigenvalue weighted by molar-refractivity contribution is -0.230. The van der Waals surface area contributed by atoms with E-state index in [1.165, 1.54) is 6.33 Å². The van der Waals surface area contributed by atoms with Crippen molar-refractivity contribution in [2.45, 2.75) is 88.9 Å². The van der Waals surface area contributed by atoms with Gasteiger partial charge in [-0.25, -0.2) is 19.6 Å². The van der Waals surface area contributed by atoms with E-state index < -0.39 is 44.3 Å². The summed E-state index contributed by atoms with van der Waals surface area (Å²) >= 11 is 0. The molecule has 2 bridgehead atoms. The number of anilines is 1. The van der Waals surface area contributed by atoms with E-state index in [4.69, 9.17) is 37.7 Å². The second kappa shape index (κ2) is 19.7. The number of aromatic nitrogens is 4. The molecular weight excluding hydrogens is 846 g/mol. The Morgan fingerprint density at radius 1 is 0.877 bits per heavy atom. The zero-order chi connectivity index (χ0) is 45.7. The van der Waals surface area contributed by atoms with Crippen molar-refractivity contribution >= 4 is 31.4 Å². The van der Waals surface area contributed by atoms with Crippen LogP contribution in [0, 0.1) is 11.3 Å². The number of nitrogens with one attached hydrogen (secondary N) is 1. The van der Waals surface area contributed by atoms with Crippen LogP contribution in [0.15, 0.2) is 122 Å².